The lowest BCUT2D eigenvalue weighted by Crippen LogP contribution is -1.94. The molecular weight excluding hydrogens is 248 g/mol. The maximum absolute atomic E-state index is 11.3. The number of hydrogen-bond donors (Lipinski definition) is 2. The molecule has 1 aromatic heterocycles. The van der Waals surface area contributed by atoms with Gasteiger partial charge in [0.25, 0.3) is 0 Å². The zero-order valence-electron chi connectivity index (χ0n) is 11.3. The second-order valence-corrected chi connectivity index (χ2v) is 4.75. The molecule has 3 aromatic rings. The van der Waals surface area contributed by atoms with Gasteiger partial charge in [0.1, 0.15) is 5.82 Å². The summed E-state index contributed by atoms with van der Waals surface area (Å²) in [5.41, 5.74) is 3.89. The van der Waals surface area contributed by atoms with Crippen molar-refractivity contribution in [3.63, 3.8) is 0 Å². The average molecular weight is 264 g/mol. The van der Waals surface area contributed by atoms with E-state index in [1.807, 2.05) is 36.4 Å². The van der Waals surface area contributed by atoms with Crippen molar-refractivity contribution in [3.8, 4) is 0 Å². The smallest absolute Gasteiger partial charge is 0.154 e. The van der Waals surface area contributed by atoms with Crippen LogP contribution in [0.3, 0.4) is 0 Å². The minimum Gasteiger partial charge on any atom is -0.341 e. The number of H-pyrrole nitrogens is 1. The third-order valence-electron chi connectivity index (χ3n) is 3.50. The predicted octanol–water partition coefficient (Wildman–Crippen LogP) is 4.29. The number of carbonyl (C=O) groups is 1. The number of aromatic nitrogens is 1. The fourth-order valence-corrected chi connectivity index (χ4v) is 2.35. The first-order valence-electron chi connectivity index (χ1n) is 6.73. The number of aldehydes is 1. The lowest BCUT2D eigenvalue weighted by atomic mass is 10.1. The highest BCUT2D eigenvalue weighted by Crippen LogP contribution is 2.27. The van der Waals surface area contributed by atoms with Gasteiger partial charge in [-0.2, -0.15) is 0 Å². The number of para-hydroxylation sites is 1. The molecule has 0 amide bonds. The summed E-state index contributed by atoms with van der Waals surface area (Å²) in [7, 11) is 0. The van der Waals surface area contributed by atoms with Gasteiger partial charge in [0.05, 0.1) is 5.56 Å². The molecule has 20 heavy (non-hydrogen) atoms. The Bertz CT molecular complexity index is 741. The van der Waals surface area contributed by atoms with E-state index in [1.54, 1.807) is 0 Å². The van der Waals surface area contributed by atoms with Crippen molar-refractivity contribution in [2.24, 2.45) is 0 Å². The summed E-state index contributed by atoms with van der Waals surface area (Å²) in [4.78, 5) is 14.6. The van der Waals surface area contributed by atoms with E-state index in [0.717, 1.165) is 35.1 Å². The summed E-state index contributed by atoms with van der Waals surface area (Å²) in [6, 6.07) is 16.0. The van der Waals surface area contributed by atoms with Crippen molar-refractivity contribution in [1.82, 2.24) is 4.98 Å². The van der Waals surface area contributed by atoms with Crippen LogP contribution >= 0.6 is 0 Å². The largest absolute Gasteiger partial charge is 0.341 e. The zero-order chi connectivity index (χ0) is 13.9. The van der Waals surface area contributed by atoms with Crippen LogP contribution in [0.5, 0.6) is 0 Å². The highest BCUT2D eigenvalue weighted by atomic mass is 16.1. The van der Waals surface area contributed by atoms with Crippen LogP contribution in [0.4, 0.5) is 11.5 Å². The third-order valence-corrected chi connectivity index (χ3v) is 3.50. The van der Waals surface area contributed by atoms with Crippen LogP contribution in [-0.4, -0.2) is 11.3 Å². The van der Waals surface area contributed by atoms with Crippen molar-refractivity contribution in [3.05, 3.63) is 59.7 Å². The second kappa shape index (κ2) is 5.21. The first-order chi connectivity index (χ1) is 9.81. The van der Waals surface area contributed by atoms with Crippen LogP contribution in [0.15, 0.2) is 48.5 Å². The van der Waals surface area contributed by atoms with Crippen molar-refractivity contribution in [1.29, 1.82) is 0 Å². The van der Waals surface area contributed by atoms with E-state index < -0.39 is 0 Å². The van der Waals surface area contributed by atoms with E-state index in [9.17, 15) is 4.79 Å². The van der Waals surface area contributed by atoms with Crippen LogP contribution < -0.4 is 5.32 Å². The minimum absolute atomic E-state index is 0.667. The SMILES string of the molecule is CCc1ccc(Nc2[nH]c3ccccc3c2C=O)cc1. The molecule has 0 aliphatic heterocycles. The van der Waals surface area contributed by atoms with Gasteiger partial charge in [-0.25, -0.2) is 0 Å². The van der Waals surface area contributed by atoms with Crippen LogP contribution in [0.1, 0.15) is 22.8 Å². The maximum Gasteiger partial charge on any atom is 0.154 e. The minimum atomic E-state index is 0.667. The maximum atomic E-state index is 11.3. The Morgan fingerprint density at radius 3 is 2.55 bits per heavy atom. The molecule has 0 aliphatic carbocycles. The molecule has 0 aliphatic rings. The van der Waals surface area contributed by atoms with Gasteiger partial charge in [-0.05, 0) is 30.2 Å². The molecule has 1 heterocycles. The monoisotopic (exact) mass is 264 g/mol. The summed E-state index contributed by atoms with van der Waals surface area (Å²) in [6.45, 7) is 2.13. The van der Waals surface area contributed by atoms with Crippen molar-refractivity contribution in [2.45, 2.75) is 13.3 Å². The summed E-state index contributed by atoms with van der Waals surface area (Å²) >= 11 is 0. The average Bonchev–Trinajstić information content (AvgIpc) is 2.85. The number of nitrogens with one attached hydrogen (secondary N) is 2. The van der Waals surface area contributed by atoms with Crippen LogP contribution in [0.2, 0.25) is 0 Å². The lowest BCUT2D eigenvalue weighted by Gasteiger charge is -2.06. The number of benzene rings is 2. The van der Waals surface area contributed by atoms with Gasteiger partial charge in [-0.15, -0.1) is 0 Å². The van der Waals surface area contributed by atoms with E-state index in [0.29, 0.717) is 5.56 Å². The molecule has 2 aromatic carbocycles. The predicted molar refractivity (Wildman–Crippen MR) is 82.8 cm³/mol. The summed E-state index contributed by atoms with van der Waals surface area (Å²) in [5, 5.41) is 4.22. The van der Waals surface area contributed by atoms with E-state index in [1.165, 1.54) is 5.56 Å². The van der Waals surface area contributed by atoms with Gasteiger partial charge in [0.2, 0.25) is 0 Å². The fraction of sp³-hybridized carbons (Fsp3) is 0.118. The molecule has 0 bridgehead atoms. The number of carbonyl (C=O) groups excluding carboxylic acids is 1. The Kier molecular flexibility index (Phi) is 3.25. The third kappa shape index (κ3) is 2.18. The van der Waals surface area contributed by atoms with Crippen LogP contribution in [0, 0.1) is 0 Å². The standard InChI is InChI=1S/C17H16N2O/c1-2-12-7-9-13(10-8-12)18-17-15(11-20)14-5-3-4-6-16(14)19-17/h3-11,18-19H,2H2,1H3. The number of aryl methyl sites for hydroxylation is 1. The van der Waals surface area contributed by atoms with E-state index in [2.05, 4.69) is 29.4 Å². The van der Waals surface area contributed by atoms with E-state index >= 15 is 0 Å². The van der Waals surface area contributed by atoms with Gasteiger partial charge in [-0.1, -0.05) is 37.3 Å². The quantitative estimate of drug-likeness (QED) is 0.690. The molecule has 0 radical (unpaired) electrons. The second-order valence-electron chi connectivity index (χ2n) is 4.75. The molecule has 100 valence electrons. The molecule has 2 N–H and O–H groups in total. The normalized spacial score (nSPS) is 10.7. The summed E-state index contributed by atoms with van der Waals surface area (Å²) < 4.78 is 0. The van der Waals surface area contributed by atoms with Gasteiger partial charge < -0.3 is 10.3 Å². The Balaban J connectivity index is 1.99. The van der Waals surface area contributed by atoms with Crippen LogP contribution in [-0.2, 0) is 6.42 Å². The molecule has 0 saturated heterocycles. The van der Waals surface area contributed by atoms with E-state index in [4.69, 9.17) is 0 Å². The fourth-order valence-electron chi connectivity index (χ4n) is 2.35. The number of anilines is 2. The Hall–Kier alpha value is -2.55. The van der Waals surface area contributed by atoms with Crippen molar-refractivity contribution in [2.75, 3.05) is 5.32 Å². The number of hydrogen-bond acceptors (Lipinski definition) is 2. The lowest BCUT2D eigenvalue weighted by molar-refractivity contribution is 0.112. The van der Waals surface area contributed by atoms with Gasteiger partial charge in [0.15, 0.2) is 6.29 Å². The Morgan fingerprint density at radius 2 is 1.85 bits per heavy atom. The molecule has 0 spiro atoms. The number of fused-ring (bicyclic) bond motifs is 1. The Labute approximate surface area is 117 Å². The summed E-state index contributed by atoms with van der Waals surface area (Å²) in [6.07, 6.45) is 1.91. The van der Waals surface area contributed by atoms with E-state index in [-0.39, 0.29) is 0 Å². The first-order valence-corrected chi connectivity index (χ1v) is 6.73. The molecule has 3 heteroatoms. The van der Waals surface area contributed by atoms with Crippen molar-refractivity contribution >= 4 is 28.7 Å². The highest BCUT2D eigenvalue weighted by Gasteiger charge is 2.10. The molecule has 0 saturated carbocycles. The number of aromatic amines is 1. The topological polar surface area (TPSA) is 44.9 Å². The van der Waals surface area contributed by atoms with Gasteiger partial charge >= 0.3 is 0 Å². The van der Waals surface area contributed by atoms with Crippen LogP contribution in [0.25, 0.3) is 10.9 Å². The first kappa shape index (κ1) is 12.5. The molecular formula is C17H16N2O. The molecule has 0 unspecified atom stereocenters. The summed E-state index contributed by atoms with van der Waals surface area (Å²) in [5.74, 6) is 0.741. The van der Waals surface area contributed by atoms with Crippen molar-refractivity contribution < 1.29 is 4.79 Å². The molecule has 0 fully saturated rings. The molecule has 3 nitrogen and oxygen atoms in total. The highest BCUT2D eigenvalue weighted by molar-refractivity contribution is 6.03. The molecule has 3 rings (SSSR count). The van der Waals surface area contributed by atoms with Gasteiger partial charge in [0, 0.05) is 16.6 Å². The Morgan fingerprint density at radius 1 is 1.10 bits per heavy atom. The zero-order valence-corrected chi connectivity index (χ0v) is 11.3. The van der Waals surface area contributed by atoms with Gasteiger partial charge in [-0.3, -0.25) is 4.79 Å². The number of rotatable bonds is 4. The molecule has 0 atom stereocenters.